The number of rotatable bonds is 6. The number of benzene rings is 1. The van der Waals surface area contributed by atoms with E-state index >= 15 is 0 Å². The van der Waals surface area contributed by atoms with E-state index in [4.69, 9.17) is 13.9 Å². The Hall–Kier alpha value is -2.80. The smallest absolute Gasteiger partial charge is 0.336 e. The number of carbonyl (C=O) groups excluding carboxylic acids is 2. The van der Waals surface area contributed by atoms with Crippen molar-refractivity contribution in [2.45, 2.75) is 45.6 Å². The lowest BCUT2D eigenvalue weighted by molar-refractivity contribution is -0.138. The topological polar surface area (TPSA) is 77.8 Å². The largest absolute Gasteiger partial charge is 0.486 e. The second-order valence-electron chi connectivity index (χ2n) is 7.54. The summed E-state index contributed by atoms with van der Waals surface area (Å²) in [6.45, 7) is 4.09. The third-order valence-corrected chi connectivity index (χ3v) is 5.91. The van der Waals surface area contributed by atoms with Crippen molar-refractivity contribution in [2.75, 3.05) is 6.61 Å². The minimum atomic E-state index is -0.581. The van der Waals surface area contributed by atoms with Gasteiger partial charge in [0.2, 0.25) is 0 Å². The lowest BCUT2D eigenvalue weighted by Gasteiger charge is -2.32. The average Bonchev–Trinajstić information content (AvgIpc) is 3.20. The SMILES string of the molecule is CCOC(=O)C1=C(C)NC2=C(C(=O)CCC2)[C@@H]1c1ccc(COc2cccc(Br)c2)o1. The Morgan fingerprint density at radius 2 is 2.10 bits per heavy atom. The maximum Gasteiger partial charge on any atom is 0.336 e. The molecular weight excluding hydrogens is 462 g/mol. The summed E-state index contributed by atoms with van der Waals surface area (Å²) in [7, 11) is 0. The fourth-order valence-electron chi connectivity index (χ4n) is 4.09. The zero-order valence-corrected chi connectivity index (χ0v) is 19.1. The zero-order chi connectivity index (χ0) is 22.0. The molecule has 1 aliphatic carbocycles. The normalized spacial score (nSPS) is 18.5. The third kappa shape index (κ3) is 4.46. The van der Waals surface area contributed by atoms with Crippen LogP contribution in [0.1, 0.15) is 50.5 Å². The number of esters is 1. The minimum absolute atomic E-state index is 0.0383. The quantitative estimate of drug-likeness (QED) is 0.569. The highest BCUT2D eigenvalue weighted by molar-refractivity contribution is 9.10. The molecule has 162 valence electrons. The number of allylic oxidation sites excluding steroid dienone is 3. The van der Waals surface area contributed by atoms with E-state index in [1.807, 2.05) is 43.3 Å². The van der Waals surface area contributed by atoms with Gasteiger partial charge in [-0.15, -0.1) is 0 Å². The maximum absolute atomic E-state index is 12.9. The summed E-state index contributed by atoms with van der Waals surface area (Å²) in [5.74, 6) is 0.883. The van der Waals surface area contributed by atoms with Crippen LogP contribution >= 0.6 is 15.9 Å². The summed E-state index contributed by atoms with van der Waals surface area (Å²) in [6, 6.07) is 11.2. The summed E-state index contributed by atoms with van der Waals surface area (Å²) in [4.78, 5) is 25.6. The molecule has 1 atom stereocenters. The first-order valence-electron chi connectivity index (χ1n) is 10.4. The zero-order valence-electron chi connectivity index (χ0n) is 17.5. The van der Waals surface area contributed by atoms with Gasteiger partial charge in [0.25, 0.3) is 0 Å². The molecule has 2 heterocycles. The number of hydrogen-bond acceptors (Lipinski definition) is 6. The Kier molecular flexibility index (Phi) is 6.32. The number of furan rings is 1. The van der Waals surface area contributed by atoms with Crippen LogP contribution in [0, 0.1) is 0 Å². The molecule has 0 radical (unpaired) electrons. The summed E-state index contributed by atoms with van der Waals surface area (Å²) in [5, 5.41) is 3.26. The highest BCUT2D eigenvalue weighted by Gasteiger charge is 2.40. The monoisotopic (exact) mass is 485 g/mol. The van der Waals surface area contributed by atoms with Crippen molar-refractivity contribution >= 4 is 27.7 Å². The van der Waals surface area contributed by atoms with Crippen LogP contribution in [0.3, 0.4) is 0 Å². The van der Waals surface area contributed by atoms with E-state index in [0.717, 1.165) is 23.0 Å². The predicted molar refractivity (Wildman–Crippen MR) is 118 cm³/mol. The molecule has 2 aromatic rings. The number of hydrogen-bond donors (Lipinski definition) is 1. The van der Waals surface area contributed by atoms with Crippen LogP contribution in [0.25, 0.3) is 0 Å². The first-order valence-corrected chi connectivity index (χ1v) is 11.1. The van der Waals surface area contributed by atoms with Crippen molar-refractivity contribution in [3.63, 3.8) is 0 Å². The van der Waals surface area contributed by atoms with E-state index in [2.05, 4.69) is 21.2 Å². The fraction of sp³-hybridized carbons (Fsp3) is 0.333. The van der Waals surface area contributed by atoms with Crippen LogP contribution in [-0.2, 0) is 20.9 Å². The third-order valence-electron chi connectivity index (χ3n) is 5.42. The van der Waals surface area contributed by atoms with Crippen LogP contribution in [0.15, 0.2) is 67.8 Å². The van der Waals surface area contributed by atoms with Crippen molar-refractivity contribution in [3.8, 4) is 5.75 Å². The van der Waals surface area contributed by atoms with Gasteiger partial charge in [0, 0.05) is 27.9 Å². The van der Waals surface area contributed by atoms with Gasteiger partial charge in [0.05, 0.1) is 18.1 Å². The molecule has 0 spiro atoms. The van der Waals surface area contributed by atoms with Gasteiger partial charge in [0.15, 0.2) is 5.78 Å². The van der Waals surface area contributed by atoms with Crippen LogP contribution in [0.5, 0.6) is 5.75 Å². The van der Waals surface area contributed by atoms with Crippen molar-refractivity contribution < 1.29 is 23.5 Å². The summed E-state index contributed by atoms with van der Waals surface area (Å²) >= 11 is 3.43. The molecule has 0 unspecified atom stereocenters. The molecule has 0 bridgehead atoms. The molecule has 6 nitrogen and oxygen atoms in total. The Balaban J connectivity index is 1.65. The number of Topliss-reactive ketones (excluding diaryl/α,β-unsaturated/α-hetero) is 1. The molecule has 1 aliphatic heterocycles. The van der Waals surface area contributed by atoms with Crippen molar-refractivity contribution in [1.29, 1.82) is 0 Å². The van der Waals surface area contributed by atoms with E-state index in [-0.39, 0.29) is 19.0 Å². The highest BCUT2D eigenvalue weighted by Crippen LogP contribution is 2.43. The van der Waals surface area contributed by atoms with Crippen molar-refractivity contribution in [2.24, 2.45) is 0 Å². The van der Waals surface area contributed by atoms with E-state index in [0.29, 0.717) is 40.5 Å². The van der Waals surface area contributed by atoms with Crippen molar-refractivity contribution in [1.82, 2.24) is 5.32 Å². The van der Waals surface area contributed by atoms with Crippen LogP contribution in [0.4, 0.5) is 0 Å². The predicted octanol–water partition coefficient (Wildman–Crippen LogP) is 5.15. The molecule has 7 heteroatoms. The molecule has 1 aromatic carbocycles. The van der Waals surface area contributed by atoms with Gasteiger partial charge < -0.3 is 19.2 Å². The second kappa shape index (κ2) is 9.14. The Morgan fingerprint density at radius 3 is 2.87 bits per heavy atom. The highest BCUT2D eigenvalue weighted by atomic mass is 79.9. The summed E-state index contributed by atoms with van der Waals surface area (Å²) < 4.78 is 18.1. The second-order valence-corrected chi connectivity index (χ2v) is 8.45. The molecule has 0 saturated heterocycles. The van der Waals surface area contributed by atoms with Crippen LogP contribution < -0.4 is 10.1 Å². The lowest BCUT2D eigenvalue weighted by atomic mass is 9.77. The number of ether oxygens (including phenoxy) is 2. The molecule has 4 rings (SSSR count). The van der Waals surface area contributed by atoms with Gasteiger partial charge >= 0.3 is 5.97 Å². The Labute approximate surface area is 189 Å². The summed E-state index contributed by atoms with van der Waals surface area (Å²) in [5.41, 5.74) is 2.59. The van der Waals surface area contributed by atoms with Gasteiger partial charge in [-0.3, -0.25) is 4.79 Å². The lowest BCUT2D eigenvalue weighted by Crippen LogP contribution is -2.34. The van der Waals surface area contributed by atoms with Crippen molar-refractivity contribution in [3.05, 3.63) is 74.9 Å². The standard InChI is InChI=1S/C24H24BrNO5/c1-3-29-24(28)21-14(2)26-18-8-5-9-19(27)22(18)23(21)20-11-10-17(31-20)13-30-16-7-4-6-15(25)12-16/h4,6-7,10-12,23,26H,3,5,8-9,13H2,1-2H3/t23-/m1/s1. The molecular formula is C24H24BrNO5. The molecule has 31 heavy (non-hydrogen) atoms. The number of carbonyl (C=O) groups is 2. The summed E-state index contributed by atoms with van der Waals surface area (Å²) in [6.07, 6.45) is 2.03. The molecule has 0 fully saturated rings. The van der Waals surface area contributed by atoms with E-state index in [9.17, 15) is 9.59 Å². The number of ketones is 1. The first-order chi connectivity index (χ1) is 15.0. The van der Waals surface area contributed by atoms with E-state index < -0.39 is 11.9 Å². The molecule has 0 amide bonds. The number of nitrogens with one attached hydrogen (secondary N) is 1. The number of dihydropyridines is 1. The van der Waals surface area contributed by atoms with Crippen LogP contribution in [0.2, 0.25) is 0 Å². The average molecular weight is 486 g/mol. The van der Waals surface area contributed by atoms with Gasteiger partial charge in [-0.2, -0.15) is 0 Å². The molecule has 0 saturated carbocycles. The van der Waals surface area contributed by atoms with Crippen LogP contribution in [-0.4, -0.2) is 18.4 Å². The maximum atomic E-state index is 12.9. The molecule has 1 aromatic heterocycles. The van der Waals surface area contributed by atoms with E-state index in [1.54, 1.807) is 6.92 Å². The fourth-order valence-corrected chi connectivity index (χ4v) is 4.46. The van der Waals surface area contributed by atoms with Gasteiger partial charge in [-0.25, -0.2) is 4.79 Å². The molecule has 1 N–H and O–H groups in total. The Morgan fingerprint density at radius 1 is 1.26 bits per heavy atom. The van der Waals surface area contributed by atoms with Gasteiger partial charge in [-0.1, -0.05) is 22.0 Å². The van der Waals surface area contributed by atoms with Gasteiger partial charge in [-0.05, 0) is 57.0 Å². The van der Waals surface area contributed by atoms with Gasteiger partial charge in [0.1, 0.15) is 23.9 Å². The van der Waals surface area contributed by atoms with E-state index in [1.165, 1.54) is 0 Å². The molecule has 2 aliphatic rings. The number of halogens is 1. The first kappa shape index (κ1) is 21.4. The Bertz CT molecular complexity index is 1080. The minimum Gasteiger partial charge on any atom is -0.486 e.